The van der Waals surface area contributed by atoms with E-state index < -0.39 is 0 Å². The molecule has 0 aliphatic heterocycles. The average Bonchev–Trinajstić information content (AvgIpc) is 2.99. The Morgan fingerprint density at radius 2 is 2.40 bits per heavy atom. The molecule has 1 atom stereocenters. The normalized spacial score (nSPS) is 17.5. The highest BCUT2D eigenvalue weighted by molar-refractivity contribution is 8.00. The molecule has 0 bridgehead atoms. The predicted molar refractivity (Wildman–Crippen MR) is 57.8 cm³/mol. The molecule has 1 fully saturated rings. The molecule has 3 nitrogen and oxygen atoms in total. The summed E-state index contributed by atoms with van der Waals surface area (Å²) in [5.41, 5.74) is 0. The predicted octanol–water partition coefficient (Wildman–Crippen LogP) is 2.63. The van der Waals surface area contributed by atoms with Gasteiger partial charge in [0.1, 0.15) is 11.0 Å². The molecule has 1 heterocycles. The lowest BCUT2D eigenvalue weighted by Crippen LogP contribution is -2.20. The van der Waals surface area contributed by atoms with Crippen LogP contribution in [0.15, 0.2) is 21.6 Å². The Balaban J connectivity index is 2.06. The highest BCUT2D eigenvalue weighted by Gasteiger charge is 2.38. The zero-order valence-corrected chi connectivity index (χ0v) is 9.67. The molecule has 0 spiro atoms. The zero-order valence-electron chi connectivity index (χ0n) is 8.86. The van der Waals surface area contributed by atoms with E-state index in [9.17, 15) is 4.79 Å². The summed E-state index contributed by atoms with van der Waals surface area (Å²) in [6.45, 7) is 1.91. The van der Waals surface area contributed by atoms with Gasteiger partial charge in [0.05, 0.1) is 13.4 Å². The monoisotopic (exact) mass is 226 g/mol. The summed E-state index contributed by atoms with van der Waals surface area (Å²) in [7, 11) is 1.44. The number of ether oxygens (including phenoxy) is 1. The molecular weight excluding hydrogens is 212 g/mol. The number of thioether (sulfide) groups is 1. The van der Waals surface area contributed by atoms with E-state index >= 15 is 0 Å². The lowest BCUT2D eigenvalue weighted by Gasteiger charge is -2.12. The van der Waals surface area contributed by atoms with Crippen LogP contribution in [-0.2, 0) is 9.53 Å². The molecule has 1 aromatic heterocycles. The van der Waals surface area contributed by atoms with Crippen molar-refractivity contribution < 1.29 is 13.9 Å². The van der Waals surface area contributed by atoms with Gasteiger partial charge in [-0.05, 0) is 31.7 Å². The van der Waals surface area contributed by atoms with Crippen LogP contribution in [0.25, 0.3) is 0 Å². The lowest BCUT2D eigenvalue weighted by atomic mass is 10.3. The Bertz CT molecular complexity index is 354. The van der Waals surface area contributed by atoms with Crippen LogP contribution in [0.2, 0.25) is 0 Å². The summed E-state index contributed by atoms with van der Waals surface area (Å²) >= 11 is 1.56. The van der Waals surface area contributed by atoms with Gasteiger partial charge in [-0.1, -0.05) is 0 Å². The number of hydrogen-bond acceptors (Lipinski definition) is 4. The van der Waals surface area contributed by atoms with Crippen molar-refractivity contribution >= 4 is 17.7 Å². The first-order valence-corrected chi connectivity index (χ1v) is 5.89. The molecule has 0 radical (unpaired) electrons. The maximum absolute atomic E-state index is 11.6. The third kappa shape index (κ3) is 2.37. The molecule has 0 amide bonds. The summed E-state index contributed by atoms with van der Waals surface area (Å²) in [6.07, 6.45) is 3.91. The molecule has 1 unspecified atom stereocenters. The van der Waals surface area contributed by atoms with E-state index in [1.54, 1.807) is 18.0 Å². The second kappa shape index (κ2) is 4.31. The first-order valence-electron chi connectivity index (χ1n) is 5.01. The lowest BCUT2D eigenvalue weighted by molar-refractivity contribution is -0.140. The number of hydrogen-bond donors (Lipinski definition) is 0. The Morgan fingerprint density at radius 3 is 2.87 bits per heavy atom. The van der Waals surface area contributed by atoms with Crippen LogP contribution in [0.4, 0.5) is 0 Å². The van der Waals surface area contributed by atoms with Gasteiger partial charge >= 0.3 is 5.97 Å². The Hall–Kier alpha value is -0.900. The highest BCUT2D eigenvalue weighted by Crippen LogP contribution is 2.43. The molecule has 1 aromatic rings. The van der Waals surface area contributed by atoms with Gasteiger partial charge in [-0.25, -0.2) is 0 Å². The number of carbonyl (C=O) groups is 1. The van der Waals surface area contributed by atoms with E-state index in [0.717, 1.165) is 23.5 Å². The quantitative estimate of drug-likeness (QED) is 0.584. The summed E-state index contributed by atoms with van der Waals surface area (Å²) in [6, 6.07) is 1.90. The minimum absolute atomic E-state index is 0.0636. The number of rotatable bonds is 4. The van der Waals surface area contributed by atoms with Gasteiger partial charge in [0.25, 0.3) is 0 Å². The van der Waals surface area contributed by atoms with Gasteiger partial charge in [-0.15, -0.1) is 11.8 Å². The number of carbonyl (C=O) groups excluding carboxylic acids is 1. The van der Waals surface area contributed by atoms with Crippen molar-refractivity contribution in [1.82, 2.24) is 0 Å². The van der Waals surface area contributed by atoms with Crippen LogP contribution in [0.3, 0.4) is 0 Å². The fourth-order valence-electron chi connectivity index (χ4n) is 1.48. The minimum Gasteiger partial charge on any atom is -0.468 e. The Morgan fingerprint density at radius 1 is 1.67 bits per heavy atom. The summed E-state index contributed by atoms with van der Waals surface area (Å²) in [5.74, 6) is 1.23. The fourth-order valence-corrected chi connectivity index (χ4v) is 2.76. The van der Waals surface area contributed by atoms with Gasteiger partial charge in [-0.2, -0.15) is 0 Å². The molecular formula is C11H14O3S. The van der Waals surface area contributed by atoms with E-state index in [1.807, 2.05) is 13.0 Å². The van der Waals surface area contributed by atoms with Gasteiger partial charge < -0.3 is 9.15 Å². The van der Waals surface area contributed by atoms with Crippen molar-refractivity contribution in [2.45, 2.75) is 29.9 Å². The summed E-state index contributed by atoms with van der Waals surface area (Å²) in [4.78, 5) is 12.6. The van der Waals surface area contributed by atoms with E-state index in [-0.39, 0.29) is 11.2 Å². The van der Waals surface area contributed by atoms with Crippen molar-refractivity contribution in [2.24, 2.45) is 5.92 Å². The summed E-state index contributed by atoms with van der Waals surface area (Å²) in [5, 5.41) is -0.0636. The number of esters is 1. The van der Waals surface area contributed by atoms with E-state index in [4.69, 9.17) is 9.15 Å². The van der Waals surface area contributed by atoms with Crippen LogP contribution >= 0.6 is 11.8 Å². The molecule has 1 aliphatic rings. The number of aryl methyl sites for hydroxylation is 1. The maximum Gasteiger partial charge on any atom is 0.319 e. The van der Waals surface area contributed by atoms with Crippen molar-refractivity contribution in [3.63, 3.8) is 0 Å². The molecule has 82 valence electrons. The van der Waals surface area contributed by atoms with Crippen molar-refractivity contribution in [1.29, 1.82) is 0 Å². The van der Waals surface area contributed by atoms with E-state index in [1.165, 1.54) is 7.11 Å². The fraction of sp³-hybridized carbons (Fsp3) is 0.545. The molecule has 1 aliphatic carbocycles. The maximum atomic E-state index is 11.6. The molecule has 15 heavy (non-hydrogen) atoms. The van der Waals surface area contributed by atoms with Gasteiger partial charge in [0.15, 0.2) is 0 Å². The zero-order chi connectivity index (χ0) is 10.8. The van der Waals surface area contributed by atoms with Gasteiger partial charge in [-0.3, -0.25) is 4.79 Å². The van der Waals surface area contributed by atoms with Crippen LogP contribution < -0.4 is 0 Å². The molecule has 1 saturated carbocycles. The average molecular weight is 226 g/mol. The first kappa shape index (κ1) is 10.6. The largest absolute Gasteiger partial charge is 0.468 e. The van der Waals surface area contributed by atoms with Crippen molar-refractivity contribution in [3.8, 4) is 0 Å². The second-order valence-corrected chi connectivity index (χ2v) is 4.92. The third-order valence-corrected chi connectivity index (χ3v) is 4.06. The molecule has 2 rings (SSSR count). The smallest absolute Gasteiger partial charge is 0.319 e. The van der Waals surface area contributed by atoms with Crippen LogP contribution in [-0.4, -0.2) is 18.3 Å². The van der Waals surface area contributed by atoms with Crippen LogP contribution in [0.5, 0.6) is 0 Å². The molecule has 0 saturated heterocycles. The SMILES string of the molecule is COC(=O)C(Sc1ccoc1C)C1CC1. The standard InChI is InChI=1S/C11H14O3S/c1-7-9(5-6-14-7)15-10(8-3-4-8)11(12)13-2/h5-6,8,10H,3-4H2,1-2H3. The highest BCUT2D eigenvalue weighted by atomic mass is 32.2. The van der Waals surface area contributed by atoms with Crippen LogP contribution in [0.1, 0.15) is 18.6 Å². The molecule has 4 heteroatoms. The Kier molecular flexibility index (Phi) is 3.05. The second-order valence-electron chi connectivity index (χ2n) is 3.74. The van der Waals surface area contributed by atoms with Gasteiger partial charge in [0.2, 0.25) is 0 Å². The van der Waals surface area contributed by atoms with Gasteiger partial charge in [0, 0.05) is 4.90 Å². The van der Waals surface area contributed by atoms with Crippen molar-refractivity contribution in [2.75, 3.05) is 7.11 Å². The third-order valence-electron chi connectivity index (χ3n) is 2.55. The number of methoxy groups -OCH3 is 1. The Labute approximate surface area is 93.2 Å². The van der Waals surface area contributed by atoms with E-state index in [2.05, 4.69) is 0 Å². The van der Waals surface area contributed by atoms with E-state index in [0.29, 0.717) is 5.92 Å². The molecule has 0 aromatic carbocycles. The topological polar surface area (TPSA) is 39.4 Å². The number of furan rings is 1. The van der Waals surface area contributed by atoms with Crippen molar-refractivity contribution in [3.05, 3.63) is 18.1 Å². The summed E-state index contributed by atoms with van der Waals surface area (Å²) < 4.78 is 10.0. The minimum atomic E-state index is -0.122. The first-order chi connectivity index (χ1) is 7.22. The molecule has 0 N–H and O–H groups in total. The van der Waals surface area contributed by atoms with Crippen LogP contribution in [0, 0.1) is 12.8 Å².